The molecule has 0 unspecified atom stereocenters. The van der Waals surface area contributed by atoms with E-state index in [-0.39, 0.29) is 18.9 Å². The number of anilines is 2. The standard InChI is InChI=1S/C24H32ClN3O4S/c1-32-23-13-12-21(17-22(23)25)28(33(2,30)31)16-6-7-24(29)26-18-19-8-10-20(11-9-19)27-14-4-3-5-15-27/h8-13,17H,3-7,14-16,18H2,1-2H3,(H,26,29). The van der Waals surface area contributed by atoms with Crippen molar-refractivity contribution in [2.24, 2.45) is 0 Å². The number of halogens is 1. The van der Waals surface area contributed by atoms with Gasteiger partial charge in [0.15, 0.2) is 0 Å². The van der Waals surface area contributed by atoms with Crippen LogP contribution >= 0.6 is 11.6 Å². The SMILES string of the molecule is COc1ccc(N(CCCC(=O)NCc2ccc(N3CCCCC3)cc2)S(C)(=O)=O)cc1Cl. The highest BCUT2D eigenvalue weighted by atomic mass is 35.5. The minimum absolute atomic E-state index is 0.115. The fraction of sp³-hybridized carbons (Fsp3) is 0.458. The van der Waals surface area contributed by atoms with Crippen molar-refractivity contribution in [3.63, 3.8) is 0 Å². The molecular formula is C24H32ClN3O4S. The van der Waals surface area contributed by atoms with E-state index in [4.69, 9.17) is 16.3 Å². The molecule has 180 valence electrons. The van der Waals surface area contributed by atoms with Gasteiger partial charge in [0.1, 0.15) is 5.75 Å². The molecule has 0 aromatic heterocycles. The third kappa shape index (κ3) is 7.27. The highest BCUT2D eigenvalue weighted by molar-refractivity contribution is 7.92. The maximum Gasteiger partial charge on any atom is 0.232 e. The van der Waals surface area contributed by atoms with Gasteiger partial charge in [-0.3, -0.25) is 9.10 Å². The molecule has 0 saturated carbocycles. The third-order valence-electron chi connectivity index (χ3n) is 5.74. The first-order chi connectivity index (χ1) is 15.8. The van der Waals surface area contributed by atoms with E-state index in [1.165, 1.54) is 36.4 Å². The van der Waals surface area contributed by atoms with Crippen LogP contribution in [0.15, 0.2) is 42.5 Å². The maximum absolute atomic E-state index is 12.3. The van der Waals surface area contributed by atoms with Crippen molar-refractivity contribution < 1.29 is 17.9 Å². The number of benzene rings is 2. The normalized spacial score (nSPS) is 14.1. The molecule has 1 aliphatic rings. The number of sulfonamides is 1. The minimum Gasteiger partial charge on any atom is -0.495 e. The number of amides is 1. The molecule has 9 heteroatoms. The van der Waals surface area contributed by atoms with Crippen molar-refractivity contribution in [3.05, 3.63) is 53.1 Å². The van der Waals surface area contributed by atoms with Crippen LogP contribution in [0, 0.1) is 0 Å². The van der Waals surface area contributed by atoms with Gasteiger partial charge in [-0.1, -0.05) is 23.7 Å². The lowest BCUT2D eigenvalue weighted by Gasteiger charge is -2.28. The molecule has 1 heterocycles. The van der Waals surface area contributed by atoms with Crippen LogP contribution < -0.4 is 19.3 Å². The van der Waals surface area contributed by atoms with E-state index in [1.54, 1.807) is 18.2 Å². The third-order valence-corrected chi connectivity index (χ3v) is 7.23. The summed E-state index contributed by atoms with van der Waals surface area (Å²) in [5.41, 5.74) is 2.71. The number of rotatable bonds is 10. The molecule has 1 fully saturated rings. The molecule has 0 spiro atoms. The Labute approximate surface area is 201 Å². The monoisotopic (exact) mass is 493 g/mol. The first-order valence-electron chi connectivity index (χ1n) is 11.2. The van der Waals surface area contributed by atoms with Gasteiger partial charge >= 0.3 is 0 Å². The van der Waals surface area contributed by atoms with Gasteiger partial charge in [-0.25, -0.2) is 8.42 Å². The fourth-order valence-corrected chi connectivity index (χ4v) is 5.15. The predicted octanol–water partition coefficient (Wildman–Crippen LogP) is 4.20. The summed E-state index contributed by atoms with van der Waals surface area (Å²) >= 11 is 6.15. The Morgan fingerprint density at radius 2 is 1.82 bits per heavy atom. The first kappa shape index (κ1) is 25.2. The van der Waals surface area contributed by atoms with Gasteiger partial charge in [-0.2, -0.15) is 0 Å². The van der Waals surface area contributed by atoms with Crippen LogP contribution in [0.4, 0.5) is 11.4 Å². The van der Waals surface area contributed by atoms with Gasteiger partial charge in [-0.05, 0) is 61.6 Å². The number of methoxy groups -OCH3 is 1. The van der Waals surface area contributed by atoms with Crippen LogP contribution in [-0.2, 0) is 21.4 Å². The Hall–Kier alpha value is -2.45. The number of carbonyl (C=O) groups is 1. The molecule has 0 atom stereocenters. The summed E-state index contributed by atoms with van der Waals surface area (Å²) in [4.78, 5) is 14.7. The van der Waals surface area contributed by atoms with Crippen LogP contribution in [0.2, 0.25) is 5.02 Å². The van der Waals surface area contributed by atoms with Crippen molar-refractivity contribution in [3.8, 4) is 5.75 Å². The number of hydrogen-bond acceptors (Lipinski definition) is 5. The highest BCUT2D eigenvalue weighted by Gasteiger charge is 2.19. The summed E-state index contributed by atoms with van der Waals surface area (Å²) in [6, 6.07) is 13.1. The highest BCUT2D eigenvalue weighted by Crippen LogP contribution is 2.30. The zero-order valence-corrected chi connectivity index (χ0v) is 20.8. The lowest BCUT2D eigenvalue weighted by atomic mass is 10.1. The molecule has 0 radical (unpaired) electrons. The summed E-state index contributed by atoms with van der Waals surface area (Å²) in [7, 11) is -2.03. The Morgan fingerprint density at radius 3 is 2.42 bits per heavy atom. The zero-order chi connectivity index (χ0) is 23.8. The van der Waals surface area contributed by atoms with Crippen molar-refractivity contribution in [2.45, 2.75) is 38.6 Å². The van der Waals surface area contributed by atoms with Crippen molar-refractivity contribution in [2.75, 3.05) is 42.2 Å². The van der Waals surface area contributed by atoms with Crippen molar-refractivity contribution in [1.29, 1.82) is 0 Å². The average molecular weight is 494 g/mol. The molecule has 1 N–H and O–H groups in total. The van der Waals surface area contributed by atoms with Crippen LogP contribution in [0.5, 0.6) is 5.75 Å². The quantitative estimate of drug-likeness (QED) is 0.536. The molecule has 1 aliphatic heterocycles. The summed E-state index contributed by atoms with van der Waals surface area (Å²) in [6.07, 6.45) is 5.52. The number of nitrogens with zero attached hydrogens (tertiary/aromatic N) is 2. The number of ether oxygens (including phenoxy) is 1. The fourth-order valence-electron chi connectivity index (χ4n) is 3.95. The van der Waals surface area contributed by atoms with E-state index >= 15 is 0 Å². The summed E-state index contributed by atoms with van der Waals surface area (Å²) < 4.78 is 30.9. The van der Waals surface area contributed by atoms with Gasteiger partial charge in [0.25, 0.3) is 0 Å². The molecule has 3 rings (SSSR count). The Bertz CT molecular complexity index is 1040. The summed E-state index contributed by atoms with van der Waals surface area (Å²) in [5.74, 6) is 0.355. The lowest BCUT2D eigenvalue weighted by molar-refractivity contribution is -0.121. The molecule has 7 nitrogen and oxygen atoms in total. The molecule has 0 aliphatic carbocycles. The number of piperidine rings is 1. The second-order valence-electron chi connectivity index (χ2n) is 8.25. The van der Waals surface area contributed by atoms with Gasteiger partial charge in [0.2, 0.25) is 15.9 Å². The smallest absolute Gasteiger partial charge is 0.232 e. The van der Waals surface area contributed by atoms with Crippen molar-refractivity contribution in [1.82, 2.24) is 5.32 Å². The second kappa shape index (κ2) is 11.6. The summed E-state index contributed by atoms with van der Waals surface area (Å²) in [6.45, 7) is 2.83. The van der Waals surface area contributed by atoms with Crippen LogP contribution in [-0.4, -0.2) is 47.3 Å². The molecular weight excluding hydrogens is 462 g/mol. The Kier molecular flexibility index (Phi) is 8.86. The van der Waals surface area contributed by atoms with E-state index in [0.29, 0.717) is 29.4 Å². The van der Waals surface area contributed by atoms with Gasteiger partial charge < -0.3 is 15.0 Å². The van der Waals surface area contributed by atoms with Gasteiger partial charge in [-0.15, -0.1) is 0 Å². The molecule has 1 amide bonds. The lowest BCUT2D eigenvalue weighted by Crippen LogP contribution is -2.32. The molecule has 0 bridgehead atoms. The largest absolute Gasteiger partial charge is 0.495 e. The molecule has 2 aromatic rings. The maximum atomic E-state index is 12.3. The first-order valence-corrected chi connectivity index (χ1v) is 13.4. The van der Waals surface area contributed by atoms with E-state index in [2.05, 4.69) is 22.3 Å². The Morgan fingerprint density at radius 1 is 1.12 bits per heavy atom. The van der Waals surface area contributed by atoms with E-state index in [9.17, 15) is 13.2 Å². The van der Waals surface area contributed by atoms with Crippen LogP contribution in [0.1, 0.15) is 37.7 Å². The van der Waals surface area contributed by atoms with Crippen LogP contribution in [0.3, 0.4) is 0 Å². The number of carbonyl (C=O) groups excluding carboxylic acids is 1. The number of hydrogen-bond donors (Lipinski definition) is 1. The van der Waals surface area contributed by atoms with E-state index in [0.717, 1.165) is 24.9 Å². The van der Waals surface area contributed by atoms with Crippen LogP contribution in [0.25, 0.3) is 0 Å². The minimum atomic E-state index is -3.52. The van der Waals surface area contributed by atoms with Gasteiger partial charge in [0.05, 0.1) is 24.1 Å². The molecule has 2 aromatic carbocycles. The zero-order valence-electron chi connectivity index (χ0n) is 19.2. The van der Waals surface area contributed by atoms with E-state index < -0.39 is 10.0 Å². The Balaban J connectivity index is 1.48. The molecule has 1 saturated heterocycles. The topological polar surface area (TPSA) is 79.0 Å². The van der Waals surface area contributed by atoms with Gasteiger partial charge in [0, 0.05) is 38.3 Å². The van der Waals surface area contributed by atoms with E-state index in [1.807, 2.05) is 12.1 Å². The predicted molar refractivity (Wildman–Crippen MR) is 134 cm³/mol. The molecule has 33 heavy (non-hydrogen) atoms. The average Bonchev–Trinajstić information content (AvgIpc) is 2.80. The second-order valence-corrected chi connectivity index (χ2v) is 10.6. The number of nitrogens with one attached hydrogen (secondary N) is 1. The summed E-state index contributed by atoms with van der Waals surface area (Å²) in [5, 5.41) is 3.24. The van der Waals surface area contributed by atoms with Crippen molar-refractivity contribution >= 4 is 38.9 Å².